The van der Waals surface area contributed by atoms with E-state index in [-0.39, 0.29) is 5.91 Å². The van der Waals surface area contributed by atoms with Gasteiger partial charge in [-0.25, -0.2) is 0 Å². The van der Waals surface area contributed by atoms with E-state index in [0.717, 1.165) is 22.0 Å². The topological polar surface area (TPSA) is 40.5 Å². The van der Waals surface area contributed by atoms with Gasteiger partial charge in [-0.15, -0.1) is 0 Å². The molecule has 0 aromatic heterocycles. The van der Waals surface area contributed by atoms with E-state index in [1.807, 2.05) is 36.4 Å². The highest BCUT2D eigenvalue weighted by molar-refractivity contribution is 9.09. The van der Waals surface area contributed by atoms with E-state index in [1.54, 1.807) is 4.90 Å². The third-order valence-corrected chi connectivity index (χ3v) is 3.97. The lowest BCUT2D eigenvalue weighted by atomic mass is 10.1. The lowest BCUT2D eigenvalue weighted by Crippen LogP contribution is -2.35. The maximum atomic E-state index is 12.3. The van der Waals surface area contributed by atoms with Crippen molar-refractivity contribution in [3.63, 3.8) is 0 Å². The Balaban J connectivity index is 2.13. The summed E-state index contributed by atoms with van der Waals surface area (Å²) in [4.78, 5) is 14.0. The molecule has 1 aliphatic rings. The summed E-state index contributed by atoms with van der Waals surface area (Å²) in [6, 6.07) is 11.6. The number of benzene rings is 2. The van der Waals surface area contributed by atoms with Crippen molar-refractivity contribution in [2.75, 3.05) is 16.8 Å². The summed E-state index contributed by atoms with van der Waals surface area (Å²) in [6.07, 6.45) is -0.557. The standard InChI is InChI=1S/C14H12BrNO2/c15-7-10(17)8-16-12-6-2-4-9-3-1-5-11(13(9)12)14(16)18/h1-6,10,17H,7-8H2. The molecular formula is C14H12BrNO2. The molecule has 18 heavy (non-hydrogen) atoms. The number of alkyl halides is 1. The second-order valence-corrected chi connectivity index (χ2v) is 5.05. The highest BCUT2D eigenvalue weighted by atomic mass is 79.9. The van der Waals surface area contributed by atoms with Crippen molar-refractivity contribution in [1.29, 1.82) is 0 Å². The molecule has 1 atom stereocenters. The molecule has 0 saturated carbocycles. The van der Waals surface area contributed by atoms with Gasteiger partial charge in [0.25, 0.3) is 5.91 Å². The van der Waals surface area contributed by atoms with Crippen LogP contribution >= 0.6 is 15.9 Å². The van der Waals surface area contributed by atoms with Crippen LogP contribution in [0.2, 0.25) is 0 Å². The van der Waals surface area contributed by atoms with Gasteiger partial charge in [-0.1, -0.05) is 40.2 Å². The van der Waals surface area contributed by atoms with Crippen LogP contribution in [0.4, 0.5) is 5.69 Å². The first-order chi connectivity index (χ1) is 8.72. The van der Waals surface area contributed by atoms with Crippen LogP contribution in [-0.4, -0.2) is 29.0 Å². The molecule has 1 amide bonds. The van der Waals surface area contributed by atoms with Crippen LogP contribution in [0.15, 0.2) is 36.4 Å². The summed E-state index contributed by atoms with van der Waals surface area (Å²) in [6.45, 7) is 0.317. The number of nitrogens with zero attached hydrogens (tertiary/aromatic N) is 1. The van der Waals surface area contributed by atoms with Crippen LogP contribution in [0.3, 0.4) is 0 Å². The Morgan fingerprint density at radius 1 is 1.22 bits per heavy atom. The lowest BCUT2D eigenvalue weighted by Gasteiger charge is -2.20. The second-order valence-electron chi connectivity index (χ2n) is 4.40. The van der Waals surface area contributed by atoms with Crippen LogP contribution in [-0.2, 0) is 0 Å². The number of rotatable bonds is 3. The van der Waals surface area contributed by atoms with Crippen LogP contribution in [0.1, 0.15) is 10.4 Å². The first kappa shape index (κ1) is 11.7. The fraction of sp³-hybridized carbons (Fsp3) is 0.214. The second kappa shape index (κ2) is 4.37. The fourth-order valence-electron chi connectivity index (χ4n) is 2.42. The predicted molar refractivity (Wildman–Crippen MR) is 75.4 cm³/mol. The molecule has 3 rings (SSSR count). The van der Waals surface area contributed by atoms with E-state index >= 15 is 0 Å². The zero-order valence-electron chi connectivity index (χ0n) is 9.64. The Kier molecular flexibility index (Phi) is 2.84. The van der Waals surface area contributed by atoms with E-state index in [9.17, 15) is 9.90 Å². The van der Waals surface area contributed by atoms with Gasteiger partial charge in [0.2, 0.25) is 0 Å². The number of halogens is 1. The molecular weight excluding hydrogens is 294 g/mol. The van der Waals surface area contributed by atoms with Gasteiger partial charge in [-0.3, -0.25) is 4.79 Å². The molecule has 0 saturated heterocycles. The zero-order valence-corrected chi connectivity index (χ0v) is 11.2. The van der Waals surface area contributed by atoms with Crippen LogP contribution < -0.4 is 4.90 Å². The van der Waals surface area contributed by atoms with Crippen LogP contribution in [0.25, 0.3) is 10.8 Å². The average molecular weight is 306 g/mol. The van der Waals surface area contributed by atoms with Crippen molar-refractivity contribution in [2.45, 2.75) is 6.10 Å². The molecule has 3 nitrogen and oxygen atoms in total. The largest absolute Gasteiger partial charge is 0.390 e. The number of β-amino-alcohol motifs (C(OH)–C–C–N with tert-alkyl or cyclic N) is 1. The minimum absolute atomic E-state index is 0.0261. The monoisotopic (exact) mass is 305 g/mol. The molecule has 0 spiro atoms. The SMILES string of the molecule is O=C1c2cccc3cccc(c23)N1CC(O)CBr. The Morgan fingerprint density at radius 2 is 1.94 bits per heavy atom. The van der Waals surface area contributed by atoms with Gasteiger partial charge in [0, 0.05) is 16.3 Å². The molecule has 0 radical (unpaired) electrons. The van der Waals surface area contributed by atoms with E-state index in [0.29, 0.717) is 11.9 Å². The van der Waals surface area contributed by atoms with Gasteiger partial charge in [-0.05, 0) is 17.5 Å². The van der Waals surface area contributed by atoms with Crippen molar-refractivity contribution < 1.29 is 9.90 Å². The summed E-state index contributed by atoms with van der Waals surface area (Å²) in [5, 5.41) is 12.2. The number of hydrogen-bond donors (Lipinski definition) is 1. The molecule has 1 aliphatic heterocycles. The number of aliphatic hydroxyl groups is 1. The Bertz CT molecular complexity index is 621. The summed E-state index contributed by atoms with van der Waals surface area (Å²) < 4.78 is 0. The van der Waals surface area contributed by atoms with Crippen LogP contribution in [0.5, 0.6) is 0 Å². The Morgan fingerprint density at radius 3 is 2.67 bits per heavy atom. The van der Waals surface area contributed by atoms with Crippen molar-refractivity contribution in [1.82, 2.24) is 0 Å². The van der Waals surface area contributed by atoms with Crippen LogP contribution in [0, 0.1) is 0 Å². The molecule has 4 heteroatoms. The average Bonchev–Trinajstić information content (AvgIpc) is 2.67. The molecule has 1 unspecified atom stereocenters. The molecule has 0 fully saturated rings. The van der Waals surface area contributed by atoms with E-state index < -0.39 is 6.10 Å². The minimum atomic E-state index is -0.557. The van der Waals surface area contributed by atoms with Crippen molar-refractivity contribution in [2.24, 2.45) is 0 Å². The molecule has 1 N–H and O–H groups in total. The smallest absolute Gasteiger partial charge is 0.259 e. The normalized spacial score (nSPS) is 15.4. The number of hydrogen-bond acceptors (Lipinski definition) is 2. The maximum Gasteiger partial charge on any atom is 0.259 e. The fourth-order valence-corrected chi connectivity index (χ4v) is 2.62. The quantitative estimate of drug-likeness (QED) is 0.885. The predicted octanol–water partition coefficient (Wildman–Crippen LogP) is 2.56. The lowest BCUT2D eigenvalue weighted by molar-refractivity contribution is 0.0975. The number of amides is 1. The maximum absolute atomic E-state index is 12.3. The molecule has 0 aliphatic carbocycles. The van der Waals surface area contributed by atoms with Gasteiger partial charge in [0.1, 0.15) is 0 Å². The number of aliphatic hydroxyl groups excluding tert-OH is 1. The highest BCUT2D eigenvalue weighted by Crippen LogP contribution is 2.37. The van der Waals surface area contributed by atoms with Gasteiger partial charge < -0.3 is 10.0 Å². The summed E-state index contributed by atoms with van der Waals surface area (Å²) >= 11 is 3.23. The Hall–Kier alpha value is -1.39. The minimum Gasteiger partial charge on any atom is -0.390 e. The van der Waals surface area contributed by atoms with Gasteiger partial charge in [0.15, 0.2) is 0 Å². The molecule has 1 heterocycles. The molecule has 2 aromatic carbocycles. The zero-order chi connectivity index (χ0) is 12.7. The summed E-state index contributed by atoms with van der Waals surface area (Å²) in [7, 11) is 0. The first-order valence-corrected chi connectivity index (χ1v) is 6.92. The third kappa shape index (κ3) is 1.64. The van der Waals surface area contributed by atoms with Gasteiger partial charge >= 0.3 is 0 Å². The number of carbonyl (C=O) groups is 1. The first-order valence-electron chi connectivity index (χ1n) is 5.80. The Labute approximate surface area is 113 Å². The van der Waals surface area contributed by atoms with E-state index in [2.05, 4.69) is 15.9 Å². The number of carbonyl (C=O) groups excluding carboxylic acids is 1. The molecule has 0 bridgehead atoms. The van der Waals surface area contributed by atoms with E-state index in [1.165, 1.54) is 0 Å². The van der Waals surface area contributed by atoms with Gasteiger partial charge in [-0.2, -0.15) is 0 Å². The molecule has 2 aromatic rings. The number of anilines is 1. The van der Waals surface area contributed by atoms with Gasteiger partial charge in [0.05, 0.1) is 18.3 Å². The van der Waals surface area contributed by atoms with Crippen molar-refractivity contribution >= 4 is 38.3 Å². The summed E-state index contributed by atoms with van der Waals surface area (Å²) in [5.74, 6) is -0.0261. The highest BCUT2D eigenvalue weighted by Gasteiger charge is 2.30. The van der Waals surface area contributed by atoms with Crippen molar-refractivity contribution in [3.05, 3.63) is 42.0 Å². The summed E-state index contributed by atoms with van der Waals surface area (Å²) in [5.41, 5.74) is 1.62. The third-order valence-electron chi connectivity index (χ3n) is 3.22. The van der Waals surface area contributed by atoms with E-state index in [4.69, 9.17) is 0 Å². The van der Waals surface area contributed by atoms with Crippen molar-refractivity contribution in [3.8, 4) is 0 Å². The molecule has 92 valence electrons.